The van der Waals surface area contributed by atoms with E-state index in [1.807, 2.05) is 18.2 Å². The highest BCUT2D eigenvalue weighted by Gasteiger charge is 2.23. The number of ether oxygens (including phenoxy) is 1. The maximum absolute atomic E-state index is 5.83. The lowest BCUT2D eigenvalue weighted by molar-refractivity contribution is 0.0132. The molecule has 0 bridgehead atoms. The van der Waals surface area contributed by atoms with Gasteiger partial charge in [0, 0.05) is 6.42 Å². The second-order valence-electron chi connectivity index (χ2n) is 3.86. The fourth-order valence-electron chi connectivity index (χ4n) is 1.26. The smallest absolute Gasteiger partial charge is 0.108 e. The lowest BCUT2D eigenvalue weighted by Gasteiger charge is -2.28. The molecule has 0 aromatic carbocycles. The Labute approximate surface area is 80.8 Å². The summed E-state index contributed by atoms with van der Waals surface area (Å²) in [5, 5.41) is 0. The summed E-state index contributed by atoms with van der Waals surface area (Å²) in [4.78, 5) is 0. The van der Waals surface area contributed by atoms with E-state index in [0.29, 0.717) is 5.92 Å². The van der Waals surface area contributed by atoms with E-state index >= 15 is 0 Å². The summed E-state index contributed by atoms with van der Waals surface area (Å²) in [6.07, 6.45) is 11.0. The van der Waals surface area contributed by atoms with E-state index < -0.39 is 0 Å². The third-order valence-corrected chi connectivity index (χ3v) is 2.09. The Hall–Kier alpha value is -0.820. The summed E-state index contributed by atoms with van der Waals surface area (Å²) in [6.45, 7) is 8.91. The average Bonchev–Trinajstić information content (AvgIpc) is 2.16. The minimum absolute atomic E-state index is 0.251. The zero-order valence-electron chi connectivity index (χ0n) is 8.49. The molecule has 1 heteroatoms. The van der Waals surface area contributed by atoms with Crippen molar-refractivity contribution in [3.8, 4) is 0 Å². The molecule has 1 rings (SSSR count). The van der Waals surface area contributed by atoms with Gasteiger partial charge in [-0.2, -0.15) is 0 Å². The van der Waals surface area contributed by atoms with Crippen LogP contribution in [0.2, 0.25) is 0 Å². The Bertz CT molecular complexity index is 225. The van der Waals surface area contributed by atoms with Crippen LogP contribution in [-0.2, 0) is 4.74 Å². The van der Waals surface area contributed by atoms with Gasteiger partial charge < -0.3 is 4.74 Å². The summed E-state index contributed by atoms with van der Waals surface area (Å²) in [5.74, 6) is 0.566. The quantitative estimate of drug-likeness (QED) is 0.601. The van der Waals surface area contributed by atoms with Crippen LogP contribution in [-0.4, -0.2) is 12.2 Å². The zero-order valence-corrected chi connectivity index (χ0v) is 8.49. The van der Waals surface area contributed by atoms with Crippen molar-refractivity contribution >= 4 is 0 Å². The first-order valence-electron chi connectivity index (χ1n) is 4.80. The Kier molecular flexibility index (Phi) is 3.49. The van der Waals surface area contributed by atoms with Crippen LogP contribution < -0.4 is 0 Å². The van der Waals surface area contributed by atoms with Crippen LogP contribution in [0.5, 0.6) is 0 Å². The van der Waals surface area contributed by atoms with Gasteiger partial charge in [-0.05, 0) is 12.0 Å². The van der Waals surface area contributed by atoms with E-state index in [2.05, 4.69) is 32.6 Å². The molecule has 0 saturated carbocycles. The highest BCUT2D eigenvalue weighted by Crippen LogP contribution is 2.24. The standard InChI is InChI=1S/C12H18O/c1-4-12(13-10-11(2)3)8-6-5-7-9-12/h4-8,11H,1,9-10H2,2-3H3. The maximum atomic E-state index is 5.83. The van der Waals surface area contributed by atoms with Crippen LogP contribution in [0.1, 0.15) is 20.3 Å². The minimum Gasteiger partial charge on any atom is -0.366 e. The van der Waals surface area contributed by atoms with Gasteiger partial charge in [0.2, 0.25) is 0 Å². The van der Waals surface area contributed by atoms with E-state index in [9.17, 15) is 0 Å². The molecule has 1 unspecified atom stereocenters. The van der Waals surface area contributed by atoms with Crippen LogP contribution in [0.4, 0.5) is 0 Å². The molecule has 0 fully saturated rings. The highest BCUT2D eigenvalue weighted by molar-refractivity contribution is 5.24. The average molecular weight is 178 g/mol. The first-order valence-corrected chi connectivity index (χ1v) is 4.80. The Morgan fingerprint density at radius 3 is 2.77 bits per heavy atom. The van der Waals surface area contributed by atoms with Crippen molar-refractivity contribution < 1.29 is 4.74 Å². The van der Waals surface area contributed by atoms with Gasteiger partial charge in [0.15, 0.2) is 0 Å². The van der Waals surface area contributed by atoms with Crippen molar-refractivity contribution in [2.75, 3.05) is 6.61 Å². The van der Waals surface area contributed by atoms with Crippen LogP contribution in [0.3, 0.4) is 0 Å². The van der Waals surface area contributed by atoms with Crippen molar-refractivity contribution in [1.82, 2.24) is 0 Å². The molecule has 0 saturated heterocycles. The SMILES string of the molecule is C=CC1(OCC(C)C)C=CC=CC1. The number of hydrogen-bond acceptors (Lipinski definition) is 1. The fourth-order valence-corrected chi connectivity index (χ4v) is 1.26. The van der Waals surface area contributed by atoms with Crippen molar-refractivity contribution in [2.24, 2.45) is 5.92 Å². The van der Waals surface area contributed by atoms with Crippen molar-refractivity contribution in [3.05, 3.63) is 37.0 Å². The predicted molar refractivity (Wildman–Crippen MR) is 56.6 cm³/mol. The second-order valence-corrected chi connectivity index (χ2v) is 3.86. The largest absolute Gasteiger partial charge is 0.366 e. The summed E-state index contributed by atoms with van der Waals surface area (Å²) in [5.41, 5.74) is -0.251. The van der Waals surface area contributed by atoms with Gasteiger partial charge in [0.1, 0.15) is 5.60 Å². The lowest BCUT2D eigenvalue weighted by atomic mass is 9.95. The molecule has 72 valence electrons. The Morgan fingerprint density at radius 1 is 1.54 bits per heavy atom. The van der Waals surface area contributed by atoms with E-state index in [1.54, 1.807) is 0 Å². The van der Waals surface area contributed by atoms with Crippen LogP contribution in [0.15, 0.2) is 37.0 Å². The van der Waals surface area contributed by atoms with Gasteiger partial charge in [0.25, 0.3) is 0 Å². The maximum Gasteiger partial charge on any atom is 0.108 e. The van der Waals surface area contributed by atoms with Crippen LogP contribution in [0, 0.1) is 5.92 Å². The minimum atomic E-state index is -0.251. The molecular formula is C12H18O. The predicted octanol–water partition coefficient (Wildman–Crippen LogP) is 3.10. The Morgan fingerprint density at radius 2 is 2.31 bits per heavy atom. The van der Waals surface area contributed by atoms with Gasteiger partial charge in [-0.3, -0.25) is 0 Å². The normalized spacial score (nSPS) is 26.7. The van der Waals surface area contributed by atoms with Crippen LogP contribution >= 0.6 is 0 Å². The van der Waals surface area contributed by atoms with E-state index in [4.69, 9.17) is 4.74 Å². The zero-order chi connectivity index (χ0) is 9.73. The monoisotopic (exact) mass is 178 g/mol. The van der Waals surface area contributed by atoms with Crippen molar-refractivity contribution in [1.29, 1.82) is 0 Å². The molecular weight excluding hydrogens is 160 g/mol. The van der Waals surface area contributed by atoms with E-state index in [0.717, 1.165) is 13.0 Å². The van der Waals surface area contributed by atoms with Crippen molar-refractivity contribution in [3.63, 3.8) is 0 Å². The molecule has 0 amide bonds. The lowest BCUT2D eigenvalue weighted by Crippen LogP contribution is -2.29. The summed E-state index contributed by atoms with van der Waals surface area (Å²) < 4.78 is 5.83. The second kappa shape index (κ2) is 4.43. The summed E-state index contributed by atoms with van der Waals surface area (Å²) >= 11 is 0. The molecule has 1 aliphatic carbocycles. The first-order chi connectivity index (χ1) is 6.18. The number of allylic oxidation sites excluding steroid dienone is 2. The fraction of sp³-hybridized carbons (Fsp3) is 0.500. The molecule has 1 aliphatic rings. The molecule has 0 aliphatic heterocycles. The third-order valence-electron chi connectivity index (χ3n) is 2.09. The Balaban J connectivity index is 2.55. The highest BCUT2D eigenvalue weighted by atomic mass is 16.5. The van der Waals surface area contributed by atoms with Gasteiger partial charge in [-0.15, -0.1) is 0 Å². The molecule has 0 aromatic rings. The molecule has 0 heterocycles. The topological polar surface area (TPSA) is 9.23 Å². The van der Waals surface area contributed by atoms with Gasteiger partial charge >= 0.3 is 0 Å². The molecule has 0 aromatic heterocycles. The summed E-state index contributed by atoms with van der Waals surface area (Å²) in [6, 6.07) is 0. The first kappa shape index (κ1) is 10.3. The van der Waals surface area contributed by atoms with Crippen LogP contribution in [0.25, 0.3) is 0 Å². The van der Waals surface area contributed by atoms with E-state index in [1.165, 1.54) is 0 Å². The molecule has 0 spiro atoms. The molecule has 0 N–H and O–H groups in total. The van der Waals surface area contributed by atoms with Gasteiger partial charge in [0.05, 0.1) is 6.61 Å². The molecule has 13 heavy (non-hydrogen) atoms. The van der Waals surface area contributed by atoms with Gasteiger partial charge in [-0.25, -0.2) is 0 Å². The third kappa shape index (κ3) is 2.85. The molecule has 0 radical (unpaired) electrons. The number of hydrogen-bond donors (Lipinski definition) is 0. The van der Waals surface area contributed by atoms with E-state index in [-0.39, 0.29) is 5.60 Å². The van der Waals surface area contributed by atoms with Crippen molar-refractivity contribution in [2.45, 2.75) is 25.9 Å². The molecule has 1 atom stereocenters. The summed E-state index contributed by atoms with van der Waals surface area (Å²) in [7, 11) is 0. The molecule has 1 nitrogen and oxygen atoms in total. The number of rotatable bonds is 4. The van der Waals surface area contributed by atoms with Gasteiger partial charge in [-0.1, -0.05) is 44.7 Å².